The molecule has 3 N–H and O–H groups in total. The maximum absolute atomic E-state index is 10.5. The average Bonchev–Trinajstić information content (AvgIpc) is 2.57. The highest BCUT2D eigenvalue weighted by atomic mass is 16.4. The SMILES string of the molecule is CC(=O)O.CC(C(=O)O)c1ccccc1.Cc1ccc(CC(=O)O)cc1. The van der Waals surface area contributed by atoms with Crippen LogP contribution in [-0.2, 0) is 20.8 Å². The van der Waals surface area contributed by atoms with E-state index >= 15 is 0 Å². The third-order valence-electron chi connectivity index (χ3n) is 3.15. The van der Waals surface area contributed by atoms with Gasteiger partial charge in [0.2, 0.25) is 0 Å². The van der Waals surface area contributed by atoms with Crippen LogP contribution in [0.4, 0.5) is 0 Å². The molecule has 6 nitrogen and oxygen atoms in total. The number of rotatable bonds is 4. The predicted molar refractivity (Wildman–Crippen MR) is 98.3 cm³/mol. The summed E-state index contributed by atoms with van der Waals surface area (Å²) >= 11 is 0. The van der Waals surface area contributed by atoms with Gasteiger partial charge in [0.25, 0.3) is 5.97 Å². The lowest BCUT2D eigenvalue weighted by molar-refractivity contribution is -0.138. The normalized spacial score (nSPS) is 10.3. The van der Waals surface area contributed by atoms with Crippen LogP contribution in [0.5, 0.6) is 0 Å². The van der Waals surface area contributed by atoms with E-state index in [4.69, 9.17) is 20.1 Å². The molecule has 1 atom stereocenters. The highest BCUT2D eigenvalue weighted by molar-refractivity contribution is 5.75. The van der Waals surface area contributed by atoms with Crippen molar-refractivity contribution in [1.29, 1.82) is 0 Å². The molecule has 1 unspecified atom stereocenters. The fraction of sp³-hybridized carbons (Fsp3) is 0.250. The van der Waals surface area contributed by atoms with E-state index in [0.717, 1.165) is 23.6 Å². The number of aliphatic carboxylic acids is 3. The number of carboxylic acid groups (broad SMARTS) is 3. The Morgan fingerprint density at radius 1 is 0.885 bits per heavy atom. The highest BCUT2D eigenvalue weighted by Gasteiger charge is 2.11. The smallest absolute Gasteiger partial charge is 0.310 e. The summed E-state index contributed by atoms with van der Waals surface area (Å²) in [5.74, 6) is -2.80. The van der Waals surface area contributed by atoms with Gasteiger partial charge in [-0.1, -0.05) is 60.2 Å². The number of carboxylic acids is 3. The van der Waals surface area contributed by atoms with Gasteiger partial charge in [0.1, 0.15) is 0 Å². The molecule has 0 saturated carbocycles. The van der Waals surface area contributed by atoms with E-state index in [9.17, 15) is 9.59 Å². The van der Waals surface area contributed by atoms with Gasteiger partial charge in [-0.3, -0.25) is 14.4 Å². The van der Waals surface area contributed by atoms with Crippen LogP contribution in [0.2, 0.25) is 0 Å². The fourth-order valence-electron chi connectivity index (χ4n) is 1.76. The van der Waals surface area contributed by atoms with Gasteiger partial charge in [0.05, 0.1) is 12.3 Å². The predicted octanol–water partition coefficient (Wildman–Crippen LogP) is 3.59. The standard InChI is InChI=1S/2C9H10O2.C2H4O2/c1-7-2-4-8(5-3-7)6-9(10)11;1-7(9(10)11)8-5-3-2-4-6-8;1-2(3)4/h2-5H,6H2,1H3,(H,10,11);2-7H,1H3,(H,10,11);1H3,(H,3,4). The summed E-state index contributed by atoms with van der Waals surface area (Å²) in [6.07, 6.45) is 0.111. The molecule has 0 spiro atoms. The summed E-state index contributed by atoms with van der Waals surface area (Å²) in [5.41, 5.74) is 2.85. The molecule has 26 heavy (non-hydrogen) atoms. The Balaban J connectivity index is 0.000000401. The number of benzene rings is 2. The first-order valence-electron chi connectivity index (χ1n) is 7.88. The van der Waals surface area contributed by atoms with Crippen molar-refractivity contribution in [3.05, 3.63) is 71.3 Å². The van der Waals surface area contributed by atoms with Gasteiger partial charge in [-0.25, -0.2) is 0 Å². The van der Waals surface area contributed by atoms with E-state index in [1.165, 1.54) is 0 Å². The molecule has 2 aromatic rings. The lowest BCUT2D eigenvalue weighted by Crippen LogP contribution is -2.06. The van der Waals surface area contributed by atoms with E-state index in [1.54, 1.807) is 6.92 Å². The van der Waals surface area contributed by atoms with Crippen LogP contribution < -0.4 is 0 Å². The zero-order chi connectivity index (χ0) is 20.1. The Hall–Kier alpha value is -3.15. The monoisotopic (exact) mass is 360 g/mol. The van der Waals surface area contributed by atoms with Crippen molar-refractivity contribution >= 4 is 17.9 Å². The van der Waals surface area contributed by atoms with E-state index in [-0.39, 0.29) is 6.42 Å². The van der Waals surface area contributed by atoms with Gasteiger partial charge < -0.3 is 15.3 Å². The van der Waals surface area contributed by atoms with Gasteiger partial charge >= 0.3 is 11.9 Å². The van der Waals surface area contributed by atoms with Crippen LogP contribution in [0.3, 0.4) is 0 Å². The molecule has 6 heteroatoms. The second kappa shape index (κ2) is 12.2. The van der Waals surface area contributed by atoms with Gasteiger partial charge in [0.15, 0.2) is 0 Å². The van der Waals surface area contributed by atoms with Crippen molar-refractivity contribution in [1.82, 2.24) is 0 Å². The molecule has 0 amide bonds. The molecule has 0 bridgehead atoms. The zero-order valence-corrected chi connectivity index (χ0v) is 15.0. The van der Waals surface area contributed by atoms with Crippen molar-refractivity contribution < 1.29 is 29.7 Å². The topological polar surface area (TPSA) is 112 Å². The van der Waals surface area contributed by atoms with Crippen LogP contribution >= 0.6 is 0 Å². The van der Waals surface area contributed by atoms with Crippen molar-refractivity contribution in [3.63, 3.8) is 0 Å². The first-order valence-corrected chi connectivity index (χ1v) is 7.88. The molecule has 0 aliphatic carbocycles. The van der Waals surface area contributed by atoms with E-state index < -0.39 is 23.8 Å². The van der Waals surface area contributed by atoms with Crippen LogP contribution in [0.15, 0.2) is 54.6 Å². The van der Waals surface area contributed by atoms with Crippen LogP contribution in [0, 0.1) is 6.92 Å². The van der Waals surface area contributed by atoms with Crippen molar-refractivity contribution in [2.75, 3.05) is 0 Å². The maximum atomic E-state index is 10.5. The molecular weight excluding hydrogens is 336 g/mol. The van der Waals surface area contributed by atoms with Gasteiger partial charge in [-0.2, -0.15) is 0 Å². The molecule has 0 aliphatic rings. The van der Waals surface area contributed by atoms with Crippen molar-refractivity contribution in [2.45, 2.75) is 33.1 Å². The summed E-state index contributed by atoms with van der Waals surface area (Å²) in [4.78, 5) is 29.8. The first-order chi connectivity index (χ1) is 12.1. The van der Waals surface area contributed by atoms with Crippen LogP contribution in [0.25, 0.3) is 0 Å². The third-order valence-corrected chi connectivity index (χ3v) is 3.15. The second-order valence-corrected chi connectivity index (χ2v) is 5.55. The minimum absolute atomic E-state index is 0.111. The molecule has 2 rings (SSSR count). The first kappa shape index (κ1) is 22.9. The van der Waals surface area contributed by atoms with Crippen LogP contribution in [0.1, 0.15) is 36.5 Å². The van der Waals surface area contributed by atoms with Crippen molar-refractivity contribution in [3.8, 4) is 0 Å². The maximum Gasteiger partial charge on any atom is 0.310 e. The molecule has 0 saturated heterocycles. The van der Waals surface area contributed by atoms with Crippen molar-refractivity contribution in [2.24, 2.45) is 0 Å². The minimum Gasteiger partial charge on any atom is -0.481 e. The number of carbonyl (C=O) groups is 3. The molecule has 0 aliphatic heterocycles. The number of hydrogen-bond donors (Lipinski definition) is 3. The van der Waals surface area contributed by atoms with E-state index in [1.807, 2.05) is 61.5 Å². The Kier molecular flexibility index (Phi) is 10.8. The number of aryl methyl sites for hydroxylation is 1. The number of hydrogen-bond acceptors (Lipinski definition) is 3. The van der Waals surface area contributed by atoms with Crippen LogP contribution in [-0.4, -0.2) is 33.2 Å². The fourth-order valence-corrected chi connectivity index (χ4v) is 1.76. The Bertz CT molecular complexity index is 688. The molecule has 0 aromatic heterocycles. The van der Waals surface area contributed by atoms with E-state index in [0.29, 0.717) is 0 Å². The average molecular weight is 360 g/mol. The van der Waals surface area contributed by atoms with Gasteiger partial charge in [0, 0.05) is 6.92 Å². The Morgan fingerprint density at radius 3 is 1.73 bits per heavy atom. The lowest BCUT2D eigenvalue weighted by Gasteiger charge is -2.04. The summed E-state index contributed by atoms with van der Waals surface area (Å²) in [6, 6.07) is 16.7. The summed E-state index contributed by atoms with van der Waals surface area (Å²) in [7, 11) is 0. The Labute approximate surface area is 152 Å². The molecule has 2 aromatic carbocycles. The summed E-state index contributed by atoms with van der Waals surface area (Å²) in [6.45, 7) is 4.74. The lowest BCUT2D eigenvalue weighted by atomic mass is 10.0. The summed E-state index contributed by atoms with van der Waals surface area (Å²) in [5, 5.41) is 24.5. The highest BCUT2D eigenvalue weighted by Crippen LogP contribution is 2.13. The largest absolute Gasteiger partial charge is 0.481 e. The summed E-state index contributed by atoms with van der Waals surface area (Å²) < 4.78 is 0. The molecule has 0 heterocycles. The quantitative estimate of drug-likeness (QED) is 0.768. The van der Waals surface area contributed by atoms with Gasteiger partial charge in [-0.05, 0) is 25.0 Å². The third kappa shape index (κ3) is 11.4. The molecule has 0 fully saturated rings. The van der Waals surface area contributed by atoms with E-state index in [2.05, 4.69) is 0 Å². The molecule has 140 valence electrons. The second-order valence-electron chi connectivity index (χ2n) is 5.55. The molecule has 0 radical (unpaired) electrons. The van der Waals surface area contributed by atoms with Gasteiger partial charge in [-0.15, -0.1) is 0 Å². The Morgan fingerprint density at radius 2 is 1.35 bits per heavy atom. The molecular formula is C20H24O6. The zero-order valence-electron chi connectivity index (χ0n) is 15.0. The minimum atomic E-state index is -0.833.